The maximum absolute atomic E-state index is 11.1. The molecule has 2 aliphatic rings. The number of hydrogen-bond acceptors (Lipinski definition) is 3. The van der Waals surface area contributed by atoms with Crippen molar-refractivity contribution in [3.63, 3.8) is 0 Å². The molecular weight excluding hydrogens is 174 g/mol. The van der Waals surface area contributed by atoms with Gasteiger partial charge in [-0.15, -0.1) is 0 Å². The second-order valence-corrected chi connectivity index (χ2v) is 4.95. The summed E-state index contributed by atoms with van der Waals surface area (Å²) in [6.07, 6.45) is 4.90. The van der Waals surface area contributed by atoms with E-state index in [1.165, 1.54) is 11.8 Å². The third kappa shape index (κ3) is 1.35. The molecule has 0 atom stereocenters. The predicted octanol–water partition coefficient (Wildman–Crippen LogP) is 1.67. The van der Waals surface area contributed by atoms with Crippen molar-refractivity contribution < 1.29 is 9.59 Å². The Bertz CT molecular complexity index is 215. The lowest BCUT2D eigenvalue weighted by atomic mass is 10.0. The van der Waals surface area contributed by atoms with Gasteiger partial charge in [-0.05, 0) is 12.8 Å². The Kier molecular flexibility index (Phi) is 1.87. The number of thioether (sulfide) groups is 1. The van der Waals surface area contributed by atoms with Crippen LogP contribution in [0.1, 0.15) is 32.1 Å². The summed E-state index contributed by atoms with van der Waals surface area (Å²) in [5.74, 6) is -0.0966. The molecule has 0 aromatic rings. The first-order valence-corrected chi connectivity index (χ1v) is 5.05. The predicted molar refractivity (Wildman–Crippen MR) is 46.9 cm³/mol. The topological polar surface area (TPSA) is 46.2 Å². The highest BCUT2D eigenvalue weighted by Crippen LogP contribution is 2.45. The first kappa shape index (κ1) is 8.10. The molecule has 1 aliphatic carbocycles. The average Bonchev–Trinajstić information content (AvgIpc) is 2.33. The molecule has 3 nitrogen and oxygen atoms in total. The Morgan fingerprint density at radius 3 is 2.50 bits per heavy atom. The summed E-state index contributed by atoms with van der Waals surface area (Å²) in [6.45, 7) is 0. The summed E-state index contributed by atoms with van der Waals surface area (Å²) >= 11 is 1.33. The van der Waals surface area contributed by atoms with Gasteiger partial charge in [0.05, 0.1) is 0 Å². The first-order valence-electron chi connectivity index (χ1n) is 4.23. The zero-order valence-electron chi connectivity index (χ0n) is 6.76. The second-order valence-electron chi connectivity index (χ2n) is 3.50. The maximum atomic E-state index is 11.1. The van der Waals surface area contributed by atoms with Crippen LogP contribution in [0.15, 0.2) is 0 Å². The molecule has 1 spiro atoms. The van der Waals surface area contributed by atoms with E-state index >= 15 is 0 Å². The number of carbonyl (C=O) groups excluding carboxylic acids is 2. The van der Waals surface area contributed by atoms with E-state index in [2.05, 4.69) is 5.32 Å². The van der Waals surface area contributed by atoms with E-state index in [9.17, 15) is 9.59 Å². The number of nitrogens with one attached hydrogen (secondary N) is 1. The molecule has 1 N–H and O–H groups in total. The zero-order chi connectivity index (χ0) is 8.60. The minimum atomic E-state index is -0.159. The maximum Gasteiger partial charge on any atom is 0.286 e. The molecule has 2 rings (SSSR count). The number of amides is 2. The van der Waals surface area contributed by atoms with Crippen LogP contribution in [-0.4, -0.2) is 15.9 Å². The van der Waals surface area contributed by atoms with Crippen molar-refractivity contribution in [3.05, 3.63) is 0 Å². The molecule has 1 saturated carbocycles. The molecule has 1 saturated heterocycles. The van der Waals surface area contributed by atoms with Crippen molar-refractivity contribution in [1.29, 1.82) is 0 Å². The molecule has 4 heteroatoms. The average molecular weight is 185 g/mol. The molecule has 0 unspecified atom stereocenters. The van der Waals surface area contributed by atoms with Crippen LogP contribution in [0, 0.1) is 0 Å². The van der Waals surface area contributed by atoms with Gasteiger partial charge >= 0.3 is 0 Å². The lowest BCUT2D eigenvalue weighted by Crippen LogP contribution is -2.42. The van der Waals surface area contributed by atoms with Crippen molar-refractivity contribution in [2.45, 2.75) is 36.9 Å². The second kappa shape index (κ2) is 2.76. The Morgan fingerprint density at radius 2 is 1.92 bits per heavy atom. The van der Waals surface area contributed by atoms with Gasteiger partial charge in [-0.1, -0.05) is 24.6 Å². The van der Waals surface area contributed by atoms with Crippen molar-refractivity contribution in [3.8, 4) is 0 Å². The van der Waals surface area contributed by atoms with Gasteiger partial charge in [-0.2, -0.15) is 0 Å². The standard InChI is InChI=1S/C8H11NO2S/c10-6-5-8(3-1-2-4-8)12-7(11)9-6/h1-5H2,(H,9,10,11). The van der Waals surface area contributed by atoms with Gasteiger partial charge in [-0.3, -0.25) is 14.9 Å². The number of rotatable bonds is 0. The summed E-state index contributed by atoms with van der Waals surface area (Å²) < 4.78 is -0.0284. The fourth-order valence-corrected chi connectivity index (χ4v) is 3.26. The molecule has 12 heavy (non-hydrogen) atoms. The van der Waals surface area contributed by atoms with Crippen LogP contribution in [0.2, 0.25) is 0 Å². The summed E-state index contributed by atoms with van der Waals surface area (Å²) in [6, 6.07) is 0. The van der Waals surface area contributed by atoms with Gasteiger partial charge in [0.2, 0.25) is 5.91 Å². The van der Waals surface area contributed by atoms with Crippen LogP contribution in [-0.2, 0) is 4.79 Å². The quantitative estimate of drug-likeness (QED) is 0.624. The largest absolute Gasteiger partial charge is 0.287 e. The number of hydrogen-bond donors (Lipinski definition) is 1. The van der Waals surface area contributed by atoms with E-state index < -0.39 is 0 Å². The molecular formula is C8H11NO2S. The Morgan fingerprint density at radius 1 is 1.25 bits per heavy atom. The lowest BCUT2D eigenvalue weighted by Gasteiger charge is -2.30. The highest BCUT2D eigenvalue weighted by molar-refractivity contribution is 8.14. The normalized spacial score (nSPS) is 27.7. The van der Waals surface area contributed by atoms with E-state index in [1.54, 1.807) is 0 Å². The Hall–Kier alpha value is -0.510. The van der Waals surface area contributed by atoms with Gasteiger partial charge in [0, 0.05) is 11.2 Å². The molecule has 0 radical (unpaired) electrons. The van der Waals surface area contributed by atoms with E-state index in [-0.39, 0.29) is 15.9 Å². The van der Waals surface area contributed by atoms with Crippen LogP contribution in [0.4, 0.5) is 4.79 Å². The van der Waals surface area contributed by atoms with Crippen molar-refractivity contribution >= 4 is 22.9 Å². The van der Waals surface area contributed by atoms with Gasteiger partial charge in [0.25, 0.3) is 5.24 Å². The molecule has 1 aliphatic heterocycles. The van der Waals surface area contributed by atoms with Crippen LogP contribution < -0.4 is 5.32 Å². The molecule has 1 heterocycles. The van der Waals surface area contributed by atoms with Crippen molar-refractivity contribution in [2.75, 3.05) is 0 Å². The minimum Gasteiger partial charge on any atom is -0.287 e. The zero-order valence-corrected chi connectivity index (χ0v) is 7.58. The van der Waals surface area contributed by atoms with Gasteiger partial charge in [0.15, 0.2) is 0 Å². The number of imide groups is 1. The number of carbonyl (C=O) groups is 2. The van der Waals surface area contributed by atoms with Crippen LogP contribution in [0.3, 0.4) is 0 Å². The Balaban J connectivity index is 2.14. The molecule has 0 aromatic heterocycles. The molecule has 2 fully saturated rings. The van der Waals surface area contributed by atoms with E-state index in [0.717, 1.165) is 25.7 Å². The molecule has 0 aromatic carbocycles. The van der Waals surface area contributed by atoms with E-state index in [4.69, 9.17) is 0 Å². The summed E-state index contributed by atoms with van der Waals surface area (Å²) in [4.78, 5) is 22.2. The van der Waals surface area contributed by atoms with Gasteiger partial charge in [0.1, 0.15) is 0 Å². The van der Waals surface area contributed by atoms with Crippen LogP contribution >= 0.6 is 11.8 Å². The summed E-state index contributed by atoms with van der Waals surface area (Å²) in [5, 5.41) is 2.16. The third-order valence-corrected chi connectivity index (χ3v) is 3.82. The van der Waals surface area contributed by atoms with Crippen LogP contribution in [0.5, 0.6) is 0 Å². The third-order valence-electron chi connectivity index (χ3n) is 2.55. The smallest absolute Gasteiger partial charge is 0.286 e. The molecule has 2 amide bonds. The Labute approximate surface area is 75.3 Å². The highest BCUT2D eigenvalue weighted by Gasteiger charge is 2.42. The fourth-order valence-electron chi connectivity index (χ4n) is 2.01. The first-order chi connectivity index (χ1) is 5.70. The summed E-state index contributed by atoms with van der Waals surface area (Å²) in [7, 11) is 0. The summed E-state index contributed by atoms with van der Waals surface area (Å²) in [5.41, 5.74) is 0. The monoisotopic (exact) mass is 185 g/mol. The van der Waals surface area contributed by atoms with Gasteiger partial charge < -0.3 is 0 Å². The van der Waals surface area contributed by atoms with E-state index in [1.807, 2.05) is 0 Å². The van der Waals surface area contributed by atoms with E-state index in [0.29, 0.717) is 6.42 Å². The molecule has 0 bridgehead atoms. The molecule has 66 valence electrons. The SMILES string of the molecule is O=C1CC2(CCCC2)SC(=O)N1. The van der Waals surface area contributed by atoms with Crippen molar-refractivity contribution in [1.82, 2.24) is 5.32 Å². The fraction of sp³-hybridized carbons (Fsp3) is 0.750. The van der Waals surface area contributed by atoms with Gasteiger partial charge in [-0.25, -0.2) is 0 Å². The van der Waals surface area contributed by atoms with Crippen molar-refractivity contribution in [2.24, 2.45) is 0 Å². The minimum absolute atomic E-state index is 0.0284. The van der Waals surface area contributed by atoms with Crippen LogP contribution in [0.25, 0.3) is 0 Å². The highest BCUT2D eigenvalue weighted by atomic mass is 32.2. The lowest BCUT2D eigenvalue weighted by molar-refractivity contribution is -0.120.